The molecule has 0 aliphatic rings. The number of hydrogen-bond acceptors (Lipinski definition) is 5. The fraction of sp³-hybridized carbons (Fsp3) is 0.250. The number of aromatic nitrogens is 1. The first-order valence-electron chi connectivity index (χ1n) is 7.11. The first kappa shape index (κ1) is 15.6. The minimum absolute atomic E-state index is 0.319. The normalized spacial score (nSPS) is 9.91. The molecule has 0 aliphatic heterocycles. The fourth-order valence-corrected chi connectivity index (χ4v) is 1.82. The minimum atomic E-state index is -0.516. The highest BCUT2D eigenvalue weighted by Crippen LogP contribution is 2.27. The summed E-state index contributed by atoms with van der Waals surface area (Å²) < 4.78 is 10.3. The number of ether oxygens (including phenoxy) is 2. The van der Waals surface area contributed by atoms with E-state index in [2.05, 4.69) is 15.6 Å². The Labute approximate surface area is 129 Å². The Kier molecular flexibility index (Phi) is 5.59. The standard InChI is InChI=1S/C16H19N3O3/c1-3-21-14-8-6-5-7-13(14)18-12-9-10-15(17-11-12)19-16(20)22-4-2/h5-11,18H,3-4H2,1-2H3,(H,17,19,20). The Bertz CT molecular complexity index is 614. The van der Waals surface area contributed by atoms with Crippen molar-refractivity contribution in [1.82, 2.24) is 4.98 Å². The fourth-order valence-electron chi connectivity index (χ4n) is 1.82. The second kappa shape index (κ2) is 7.87. The summed E-state index contributed by atoms with van der Waals surface area (Å²) in [6, 6.07) is 11.2. The molecule has 0 radical (unpaired) electrons. The molecule has 6 heteroatoms. The van der Waals surface area contributed by atoms with Gasteiger partial charge in [-0.3, -0.25) is 5.32 Å². The molecule has 1 heterocycles. The van der Waals surface area contributed by atoms with Gasteiger partial charge in [0.2, 0.25) is 0 Å². The molecule has 116 valence electrons. The van der Waals surface area contributed by atoms with Gasteiger partial charge >= 0.3 is 6.09 Å². The van der Waals surface area contributed by atoms with Crippen LogP contribution in [0.25, 0.3) is 0 Å². The van der Waals surface area contributed by atoms with Crippen LogP contribution < -0.4 is 15.4 Å². The Balaban J connectivity index is 2.04. The second-order valence-electron chi connectivity index (χ2n) is 4.33. The van der Waals surface area contributed by atoms with Crippen molar-refractivity contribution < 1.29 is 14.3 Å². The lowest BCUT2D eigenvalue weighted by molar-refractivity contribution is 0.168. The number of hydrogen-bond donors (Lipinski definition) is 2. The van der Waals surface area contributed by atoms with Gasteiger partial charge in [-0.15, -0.1) is 0 Å². The zero-order valence-electron chi connectivity index (χ0n) is 12.6. The van der Waals surface area contributed by atoms with E-state index in [4.69, 9.17) is 9.47 Å². The highest BCUT2D eigenvalue weighted by atomic mass is 16.5. The number of carbonyl (C=O) groups is 1. The lowest BCUT2D eigenvalue weighted by atomic mass is 10.2. The van der Waals surface area contributed by atoms with Crippen molar-refractivity contribution in [2.75, 3.05) is 23.8 Å². The van der Waals surface area contributed by atoms with Crippen molar-refractivity contribution >= 4 is 23.3 Å². The van der Waals surface area contributed by atoms with Gasteiger partial charge in [0, 0.05) is 0 Å². The summed E-state index contributed by atoms with van der Waals surface area (Å²) in [7, 11) is 0. The Morgan fingerprint density at radius 2 is 1.95 bits per heavy atom. The van der Waals surface area contributed by atoms with Gasteiger partial charge in [0.1, 0.15) is 11.6 Å². The van der Waals surface area contributed by atoms with Crippen LogP contribution in [0.1, 0.15) is 13.8 Å². The van der Waals surface area contributed by atoms with E-state index >= 15 is 0 Å². The number of benzene rings is 1. The molecule has 0 fully saturated rings. The van der Waals surface area contributed by atoms with Crippen LogP contribution in [0.2, 0.25) is 0 Å². The molecule has 2 aromatic rings. The predicted molar refractivity (Wildman–Crippen MR) is 85.8 cm³/mol. The lowest BCUT2D eigenvalue weighted by Gasteiger charge is -2.12. The summed E-state index contributed by atoms with van der Waals surface area (Å²) in [6.07, 6.45) is 1.11. The van der Waals surface area contributed by atoms with Gasteiger partial charge in [-0.2, -0.15) is 0 Å². The molecule has 6 nitrogen and oxygen atoms in total. The molecule has 0 saturated heterocycles. The molecule has 0 atom stereocenters. The number of nitrogens with one attached hydrogen (secondary N) is 2. The van der Waals surface area contributed by atoms with E-state index in [1.54, 1.807) is 19.2 Å². The topological polar surface area (TPSA) is 72.5 Å². The third kappa shape index (κ3) is 4.37. The summed E-state index contributed by atoms with van der Waals surface area (Å²) in [6.45, 7) is 4.60. The SMILES string of the molecule is CCOC(=O)Nc1ccc(Nc2ccccc2OCC)cn1. The Morgan fingerprint density at radius 3 is 2.64 bits per heavy atom. The third-order valence-electron chi connectivity index (χ3n) is 2.73. The molecule has 1 aromatic carbocycles. The Morgan fingerprint density at radius 1 is 1.14 bits per heavy atom. The number of nitrogens with zero attached hydrogens (tertiary/aromatic N) is 1. The Hall–Kier alpha value is -2.76. The van der Waals surface area contributed by atoms with Crippen LogP contribution in [0.15, 0.2) is 42.6 Å². The van der Waals surface area contributed by atoms with E-state index in [9.17, 15) is 4.79 Å². The maximum absolute atomic E-state index is 11.3. The largest absolute Gasteiger partial charge is 0.492 e. The quantitative estimate of drug-likeness (QED) is 0.849. The molecule has 0 spiro atoms. The molecule has 22 heavy (non-hydrogen) atoms. The maximum Gasteiger partial charge on any atom is 0.412 e. The van der Waals surface area contributed by atoms with Crippen molar-refractivity contribution in [1.29, 1.82) is 0 Å². The van der Waals surface area contributed by atoms with E-state index in [0.717, 1.165) is 17.1 Å². The molecule has 2 rings (SSSR count). The van der Waals surface area contributed by atoms with Gasteiger partial charge in [-0.1, -0.05) is 12.1 Å². The summed E-state index contributed by atoms with van der Waals surface area (Å²) >= 11 is 0. The van der Waals surface area contributed by atoms with Gasteiger partial charge in [0.05, 0.1) is 30.8 Å². The minimum Gasteiger partial charge on any atom is -0.492 e. The number of para-hydroxylation sites is 2. The molecule has 1 amide bonds. The van der Waals surface area contributed by atoms with Gasteiger partial charge in [-0.25, -0.2) is 9.78 Å². The van der Waals surface area contributed by atoms with Gasteiger partial charge in [-0.05, 0) is 38.1 Å². The van der Waals surface area contributed by atoms with Crippen LogP contribution in [-0.2, 0) is 4.74 Å². The van der Waals surface area contributed by atoms with Crippen LogP contribution in [0.5, 0.6) is 5.75 Å². The number of pyridine rings is 1. The van der Waals surface area contributed by atoms with E-state index in [0.29, 0.717) is 19.0 Å². The molecule has 2 N–H and O–H groups in total. The zero-order valence-corrected chi connectivity index (χ0v) is 12.6. The molecule has 1 aromatic heterocycles. The highest BCUT2D eigenvalue weighted by Gasteiger charge is 2.05. The van der Waals surface area contributed by atoms with Gasteiger partial charge in [0.25, 0.3) is 0 Å². The lowest BCUT2D eigenvalue weighted by Crippen LogP contribution is -2.14. The molecule has 0 saturated carbocycles. The van der Waals surface area contributed by atoms with Crippen LogP contribution in [0.3, 0.4) is 0 Å². The molecule has 0 unspecified atom stereocenters. The van der Waals surface area contributed by atoms with Crippen LogP contribution in [0.4, 0.5) is 22.0 Å². The van der Waals surface area contributed by atoms with Crippen molar-refractivity contribution in [2.45, 2.75) is 13.8 Å². The zero-order chi connectivity index (χ0) is 15.8. The van der Waals surface area contributed by atoms with Crippen LogP contribution in [0, 0.1) is 0 Å². The van der Waals surface area contributed by atoms with Crippen molar-refractivity contribution in [2.24, 2.45) is 0 Å². The van der Waals surface area contributed by atoms with E-state index in [1.807, 2.05) is 37.3 Å². The van der Waals surface area contributed by atoms with Crippen LogP contribution >= 0.6 is 0 Å². The number of anilines is 3. The molecule has 0 aliphatic carbocycles. The molecular weight excluding hydrogens is 282 g/mol. The van der Waals surface area contributed by atoms with E-state index in [1.165, 1.54) is 0 Å². The van der Waals surface area contributed by atoms with Crippen molar-refractivity contribution in [3.63, 3.8) is 0 Å². The van der Waals surface area contributed by atoms with Crippen LogP contribution in [-0.4, -0.2) is 24.3 Å². The predicted octanol–water partition coefficient (Wildman–Crippen LogP) is 3.79. The third-order valence-corrected chi connectivity index (χ3v) is 2.73. The van der Waals surface area contributed by atoms with Crippen molar-refractivity contribution in [3.8, 4) is 5.75 Å². The molecule has 0 bridgehead atoms. The first-order valence-corrected chi connectivity index (χ1v) is 7.11. The average molecular weight is 301 g/mol. The smallest absolute Gasteiger partial charge is 0.412 e. The maximum atomic E-state index is 11.3. The number of rotatable bonds is 6. The summed E-state index contributed by atoms with van der Waals surface area (Å²) in [5.41, 5.74) is 1.65. The number of carbonyl (C=O) groups excluding carboxylic acids is 1. The second-order valence-corrected chi connectivity index (χ2v) is 4.33. The summed E-state index contributed by atoms with van der Waals surface area (Å²) in [4.78, 5) is 15.5. The summed E-state index contributed by atoms with van der Waals surface area (Å²) in [5.74, 6) is 1.21. The van der Waals surface area contributed by atoms with Crippen molar-refractivity contribution in [3.05, 3.63) is 42.6 Å². The number of amides is 1. The van der Waals surface area contributed by atoms with E-state index < -0.39 is 6.09 Å². The van der Waals surface area contributed by atoms with E-state index in [-0.39, 0.29) is 0 Å². The average Bonchev–Trinajstić information content (AvgIpc) is 2.52. The van der Waals surface area contributed by atoms with Gasteiger partial charge in [0.15, 0.2) is 0 Å². The highest BCUT2D eigenvalue weighted by molar-refractivity contribution is 5.83. The summed E-state index contributed by atoms with van der Waals surface area (Å²) in [5, 5.41) is 5.77. The monoisotopic (exact) mass is 301 g/mol. The van der Waals surface area contributed by atoms with Gasteiger partial charge < -0.3 is 14.8 Å². The molecular formula is C16H19N3O3. The first-order chi connectivity index (χ1) is 10.7.